The molecule has 5 nitrogen and oxygen atoms in total. The zero-order chi connectivity index (χ0) is 18.1. The molecule has 4 rings (SSSR count). The second kappa shape index (κ2) is 7.31. The van der Waals surface area contributed by atoms with Crippen LogP contribution in [0.1, 0.15) is 37.2 Å². The van der Waals surface area contributed by atoms with Gasteiger partial charge in [-0.05, 0) is 42.4 Å². The molecular weight excluding hydrogens is 394 g/mol. The molecule has 1 aromatic rings. The van der Waals surface area contributed by atoms with E-state index in [1.165, 1.54) is 31.6 Å². The summed E-state index contributed by atoms with van der Waals surface area (Å²) >= 11 is 3.53. The van der Waals surface area contributed by atoms with Gasteiger partial charge < -0.3 is 9.80 Å². The average Bonchev–Trinajstić information content (AvgIpc) is 2.62. The van der Waals surface area contributed by atoms with Gasteiger partial charge >= 0.3 is 0 Å². The number of alkyl halides is 1. The molecular formula is C20H26BrN3O2. The lowest BCUT2D eigenvalue weighted by atomic mass is 9.72. The van der Waals surface area contributed by atoms with Gasteiger partial charge in [0.15, 0.2) is 0 Å². The number of carbonyl (C=O) groups excluding carboxylic acids is 2. The van der Waals surface area contributed by atoms with Gasteiger partial charge in [0.25, 0.3) is 0 Å². The van der Waals surface area contributed by atoms with Crippen LogP contribution >= 0.6 is 15.9 Å². The number of imide groups is 1. The van der Waals surface area contributed by atoms with E-state index < -0.39 is 0 Å². The molecule has 1 aromatic carbocycles. The summed E-state index contributed by atoms with van der Waals surface area (Å²) in [4.78, 5) is 28.3. The number of nitrogens with one attached hydrogen (secondary N) is 1. The minimum atomic E-state index is -0.193. The average molecular weight is 420 g/mol. The van der Waals surface area contributed by atoms with E-state index in [1.807, 2.05) is 0 Å². The maximum Gasteiger partial charge on any atom is 0.234 e. The lowest BCUT2D eigenvalue weighted by molar-refractivity contribution is -0.134. The molecule has 0 saturated carbocycles. The number of anilines is 1. The molecule has 3 heterocycles. The topological polar surface area (TPSA) is 52.7 Å². The molecule has 26 heavy (non-hydrogen) atoms. The van der Waals surface area contributed by atoms with E-state index in [0.29, 0.717) is 18.3 Å². The summed E-state index contributed by atoms with van der Waals surface area (Å²) in [6, 6.07) is 8.38. The fraction of sp³-hybridized carbons (Fsp3) is 0.600. The fourth-order valence-corrected chi connectivity index (χ4v) is 5.17. The highest BCUT2D eigenvalue weighted by atomic mass is 79.9. The van der Waals surface area contributed by atoms with Gasteiger partial charge in [0.2, 0.25) is 11.8 Å². The lowest BCUT2D eigenvalue weighted by Crippen LogP contribution is -2.60. The van der Waals surface area contributed by atoms with Crippen LogP contribution in [-0.2, 0) is 9.59 Å². The van der Waals surface area contributed by atoms with Crippen LogP contribution in [0, 0.1) is 5.41 Å². The van der Waals surface area contributed by atoms with Crippen LogP contribution in [0.5, 0.6) is 0 Å². The molecule has 0 aliphatic carbocycles. The molecule has 3 saturated heterocycles. The van der Waals surface area contributed by atoms with Crippen LogP contribution in [0.2, 0.25) is 0 Å². The van der Waals surface area contributed by atoms with E-state index in [4.69, 9.17) is 0 Å². The summed E-state index contributed by atoms with van der Waals surface area (Å²) in [6.45, 7) is 5.88. The van der Waals surface area contributed by atoms with E-state index in [0.717, 1.165) is 30.5 Å². The molecule has 0 bridgehead atoms. The Hall–Kier alpha value is -1.40. The van der Waals surface area contributed by atoms with E-state index >= 15 is 0 Å². The first-order valence-electron chi connectivity index (χ1n) is 9.55. The molecule has 1 spiro atoms. The van der Waals surface area contributed by atoms with E-state index in [-0.39, 0.29) is 17.7 Å². The zero-order valence-electron chi connectivity index (χ0n) is 15.0. The maximum absolute atomic E-state index is 12.0. The Bertz CT molecular complexity index is 675. The summed E-state index contributed by atoms with van der Waals surface area (Å²) in [5, 5.41) is 3.51. The van der Waals surface area contributed by atoms with Gasteiger partial charge in [-0.1, -0.05) is 28.1 Å². The summed E-state index contributed by atoms with van der Waals surface area (Å²) < 4.78 is 0. The van der Waals surface area contributed by atoms with Gasteiger partial charge in [0.1, 0.15) is 0 Å². The van der Waals surface area contributed by atoms with Crippen LogP contribution in [-0.4, -0.2) is 54.8 Å². The quantitative estimate of drug-likeness (QED) is 0.601. The van der Waals surface area contributed by atoms with E-state index in [1.54, 1.807) is 0 Å². The highest BCUT2D eigenvalue weighted by molar-refractivity contribution is 9.09. The van der Waals surface area contributed by atoms with Gasteiger partial charge in [-0.2, -0.15) is 0 Å². The summed E-state index contributed by atoms with van der Waals surface area (Å²) in [5.74, 6) is -0.510. The molecule has 3 aliphatic heterocycles. The Balaban J connectivity index is 1.34. The minimum absolute atomic E-state index is 0.157. The third kappa shape index (κ3) is 3.54. The number of hydrogen-bond donors (Lipinski definition) is 1. The zero-order valence-corrected chi connectivity index (χ0v) is 16.6. The molecule has 0 radical (unpaired) electrons. The fourth-order valence-electron chi connectivity index (χ4n) is 4.66. The number of benzene rings is 1. The molecule has 6 heteroatoms. The van der Waals surface area contributed by atoms with Crippen LogP contribution in [0.25, 0.3) is 0 Å². The third-order valence-electron chi connectivity index (χ3n) is 6.24. The number of amides is 2. The van der Waals surface area contributed by atoms with Crippen molar-refractivity contribution in [3.63, 3.8) is 0 Å². The third-order valence-corrected chi connectivity index (χ3v) is 6.60. The summed E-state index contributed by atoms with van der Waals surface area (Å²) in [7, 11) is 0. The smallest absolute Gasteiger partial charge is 0.234 e. The predicted octanol–water partition coefficient (Wildman–Crippen LogP) is 2.50. The molecule has 1 unspecified atom stereocenters. The van der Waals surface area contributed by atoms with E-state index in [9.17, 15) is 9.59 Å². The Kier molecular flexibility index (Phi) is 5.06. The molecule has 1 N–H and O–H groups in total. The highest BCUT2D eigenvalue weighted by Gasteiger charge is 2.44. The molecule has 3 fully saturated rings. The monoisotopic (exact) mass is 419 g/mol. The van der Waals surface area contributed by atoms with Crippen LogP contribution in [0.4, 0.5) is 5.69 Å². The van der Waals surface area contributed by atoms with Crippen LogP contribution in [0.3, 0.4) is 0 Å². The lowest BCUT2D eigenvalue weighted by Gasteiger charge is -2.54. The number of likely N-dealkylation sites (tertiary alicyclic amines) is 1. The highest BCUT2D eigenvalue weighted by Crippen LogP contribution is 2.41. The van der Waals surface area contributed by atoms with E-state index in [2.05, 4.69) is 55.3 Å². The van der Waals surface area contributed by atoms with Crippen molar-refractivity contribution in [1.29, 1.82) is 0 Å². The first kappa shape index (κ1) is 18.0. The number of halogens is 1. The van der Waals surface area contributed by atoms with Gasteiger partial charge in [0, 0.05) is 50.2 Å². The second-order valence-corrected chi connectivity index (χ2v) is 8.77. The summed E-state index contributed by atoms with van der Waals surface area (Å²) in [6.07, 6.45) is 3.57. The minimum Gasteiger partial charge on any atom is -0.371 e. The molecule has 3 aliphatic rings. The number of hydrogen-bond acceptors (Lipinski definition) is 4. The molecule has 140 valence electrons. The van der Waals surface area contributed by atoms with Crippen molar-refractivity contribution in [1.82, 2.24) is 10.2 Å². The number of rotatable bonds is 4. The Morgan fingerprint density at radius 1 is 1.12 bits per heavy atom. The van der Waals surface area contributed by atoms with Crippen LogP contribution < -0.4 is 10.2 Å². The van der Waals surface area contributed by atoms with Crippen molar-refractivity contribution in [2.75, 3.05) is 43.0 Å². The first-order valence-corrected chi connectivity index (χ1v) is 10.7. The second-order valence-electron chi connectivity index (χ2n) is 7.98. The van der Waals surface area contributed by atoms with Crippen molar-refractivity contribution in [3.8, 4) is 0 Å². The number of nitrogens with zero attached hydrogens (tertiary/aromatic N) is 2. The normalized spacial score (nSPS) is 25.9. The van der Waals surface area contributed by atoms with Crippen molar-refractivity contribution in [3.05, 3.63) is 29.8 Å². The first-order chi connectivity index (χ1) is 12.6. The Morgan fingerprint density at radius 2 is 1.81 bits per heavy atom. The van der Waals surface area contributed by atoms with Crippen molar-refractivity contribution in [2.24, 2.45) is 5.41 Å². The van der Waals surface area contributed by atoms with Gasteiger partial charge in [-0.25, -0.2) is 0 Å². The Labute approximate surface area is 163 Å². The van der Waals surface area contributed by atoms with Gasteiger partial charge in [-0.3, -0.25) is 14.9 Å². The maximum atomic E-state index is 12.0. The predicted molar refractivity (Wildman–Crippen MR) is 106 cm³/mol. The van der Waals surface area contributed by atoms with Crippen molar-refractivity contribution < 1.29 is 9.59 Å². The molecule has 1 atom stereocenters. The van der Waals surface area contributed by atoms with Crippen LogP contribution in [0.15, 0.2) is 24.3 Å². The standard InChI is InChI=1S/C20H26BrN3O2/c21-9-12-23-13-20(14-23)7-10-24(11-8-20)16-3-1-15(2-4-16)17-5-6-18(25)22-19(17)26/h1-4,17H,5-14H2,(H,22,25,26). The molecule has 0 aromatic heterocycles. The SMILES string of the molecule is O=C1CCC(c2ccc(N3CCC4(CC3)CN(CCBr)C4)cc2)C(=O)N1. The number of carbonyl (C=O) groups is 2. The van der Waals surface area contributed by atoms with Gasteiger partial charge in [0.05, 0.1) is 5.92 Å². The van der Waals surface area contributed by atoms with Crippen molar-refractivity contribution in [2.45, 2.75) is 31.6 Å². The van der Waals surface area contributed by atoms with Gasteiger partial charge in [-0.15, -0.1) is 0 Å². The Morgan fingerprint density at radius 3 is 2.42 bits per heavy atom. The van der Waals surface area contributed by atoms with Crippen molar-refractivity contribution >= 4 is 33.4 Å². The molecule has 2 amide bonds. The summed E-state index contributed by atoms with van der Waals surface area (Å²) in [5.41, 5.74) is 2.80. The largest absolute Gasteiger partial charge is 0.371 e. The number of piperidine rings is 2.